The molecule has 1 saturated heterocycles. The van der Waals surface area contributed by atoms with Crippen molar-refractivity contribution in [2.24, 2.45) is 5.73 Å². The normalized spacial score (nSPS) is 15.9. The highest BCUT2D eigenvalue weighted by molar-refractivity contribution is 5.90. The average Bonchev–Trinajstić information content (AvgIpc) is 2.47. The van der Waals surface area contributed by atoms with Crippen LogP contribution in [0.5, 0.6) is 0 Å². The second-order valence-electron chi connectivity index (χ2n) is 4.84. The molecule has 1 aliphatic rings. The van der Waals surface area contributed by atoms with Crippen molar-refractivity contribution in [2.75, 3.05) is 18.4 Å². The summed E-state index contributed by atoms with van der Waals surface area (Å²) in [6, 6.07) is 6.34. The van der Waals surface area contributed by atoms with Crippen molar-refractivity contribution in [3.05, 3.63) is 23.9 Å². The number of anilines is 1. The van der Waals surface area contributed by atoms with Gasteiger partial charge in [-0.15, -0.1) is 0 Å². The lowest BCUT2D eigenvalue weighted by molar-refractivity contribution is -0.131. The molecule has 1 aromatic rings. The van der Waals surface area contributed by atoms with E-state index >= 15 is 0 Å². The van der Waals surface area contributed by atoms with Crippen molar-refractivity contribution in [1.29, 1.82) is 0 Å². The Hall–Kier alpha value is -2.11. The van der Waals surface area contributed by atoms with E-state index in [9.17, 15) is 9.59 Å². The van der Waals surface area contributed by atoms with Gasteiger partial charge in [-0.3, -0.25) is 9.59 Å². The Morgan fingerprint density at radius 1 is 1.50 bits per heavy atom. The van der Waals surface area contributed by atoms with Crippen molar-refractivity contribution < 1.29 is 9.59 Å². The molecule has 3 N–H and O–H groups in total. The van der Waals surface area contributed by atoms with Gasteiger partial charge in [0.1, 0.15) is 11.5 Å². The van der Waals surface area contributed by atoms with Crippen molar-refractivity contribution in [2.45, 2.75) is 32.2 Å². The fourth-order valence-corrected chi connectivity index (χ4v) is 2.30. The van der Waals surface area contributed by atoms with Gasteiger partial charge >= 0.3 is 0 Å². The molecule has 2 amide bonds. The first-order chi connectivity index (χ1) is 9.60. The van der Waals surface area contributed by atoms with Crippen molar-refractivity contribution in [1.82, 2.24) is 9.88 Å². The van der Waals surface area contributed by atoms with E-state index in [-0.39, 0.29) is 17.6 Å². The Kier molecular flexibility index (Phi) is 4.55. The van der Waals surface area contributed by atoms with Gasteiger partial charge in [0.25, 0.3) is 5.91 Å². The van der Waals surface area contributed by atoms with Crippen LogP contribution in [0, 0.1) is 6.07 Å². The number of carbonyl (C=O) groups is 2. The lowest BCUT2D eigenvalue weighted by Gasteiger charge is -2.32. The maximum absolute atomic E-state index is 11.6. The summed E-state index contributed by atoms with van der Waals surface area (Å²) in [5.74, 6) is 0.238. The van der Waals surface area contributed by atoms with Crippen molar-refractivity contribution in [3.63, 3.8) is 0 Å². The minimum Gasteiger partial charge on any atom is -0.367 e. The summed E-state index contributed by atoms with van der Waals surface area (Å²) in [6.07, 6.45) is 2.30. The monoisotopic (exact) mass is 275 g/mol. The predicted octanol–water partition coefficient (Wildman–Crippen LogP) is 0.794. The van der Waals surface area contributed by atoms with E-state index in [4.69, 9.17) is 5.73 Å². The zero-order valence-corrected chi connectivity index (χ0v) is 11.6. The van der Waals surface area contributed by atoms with E-state index in [0.717, 1.165) is 25.9 Å². The van der Waals surface area contributed by atoms with Gasteiger partial charge in [-0.1, -0.05) is 6.92 Å². The maximum atomic E-state index is 11.6. The smallest absolute Gasteiger partial charge is 0.268 e. The number of hydrogen-bond donors (Lipinski definition) is 2. The van der Waals surface area contributed by atoms with Gasteiger partial charge in [0.2, 0.25) is 5.91 Å². The first-order valence-electron chi connectivity index (χ1n) is 6.83. The molecule has 2 heterocycles. The Morgan fingerprint density at radius 3 is 2.80 bits per heavy atom. The molecule has 1 fully saturated rings. The van der Waals surface area contributed by atoms with Gasteiger partial charge in [0, 0.05) is 31.6 Å². The number of aromatic nitrogens is 1. The molecule has 1 aromatic heterocycles. The third kappa shape index (κ3) is 3.46. The Balaban J connectivity index is 1.91. The number of amides is 2. The number of primary amides is 1. The van der Waals surface area contributed by atoms with Crippen LogP contribution in [-0.4, -0.2) is 40.8 Å². The summed E-state index contributed by atoms with van der Waals surface area (Å²) in [5, 5.41) is 3.28. The van der Waals surface area contributed by atoms with Crippen molar-refractivity contribution in [3.8, 4) is 0 Å². The van der Waals surface area contributed by atoms with Gasteiger partial charge in [-0.05, 0) is 25.0 Å². The SMILES string of the molecule is CCC(=O)N1CCC(Nc2cc[c]c(C(N)=O)n2)CC1. The Labute approximate surface area is 118 Å². The molecule has 2 rings (SSSR count). The molecular weight excluding hydrogens is 256 g/mol. The fraction of sp³-hybridized carbons (Fsp3) is 0.500. The van der Waals surface area contributed by atoms with Crippen LogP contribution < -0.4 is 11.1 Å². The van der Waals surface area contributed by atoms with Crippen LogP contribution >= 0.6 is 0 Å². The number of piperidine rings is 1. The minimum absolute atomic E-state index is 0.133. The van der Waals surface area contributed by atoms with Gasteiger partial charge in [-0.2, -0.15) is 0 Å². The van der Waals surface area contributed by atoms with Gasteiger partial charge in [-0.25, -0.2) is 4.98 Å². The summed E-state index contributed by atoms with van der Waals surface area (Å²) in [4.78, 5) is 28.6. The van der Waals surface area contributed by atoms with Crippen LogP contribution in [0.15, 0.2) is 12.1 Å². The molecule has 0 spiro atoms. The molecule has 0 aliphatic carbocycles. The van der Waals surface area contributed by atoms with E-state index in [2.05, 4.69) is 16.4 Å². The summed E-state index contributed by atoms with van der Waals surface area (Å²) in [7, 11) is 0. The molecule has 0 aromatic carbocycles. The quantitative estimate of drug-likeness (QED) is 0.850. The molecule has 1 radical (unpaired) electrons. The van der Waals surface area contributed by atoms with Crippen molar-refractivity contribution >= 4 is 17.6 Å². The molecule has 6 heteroatoms. The van der Waals surface area contributed by atoms with Crippen LogP contribution in [0.25, 0.3) is 0 Å². The second kappa shape index (κ2) is 6.36. The molecule has 0 atom stereocenters. The first kappa shape index (κ1) is 14.3. The summed E-state index contributed by atoms with van der Waals surface area (Å²) in [5.41, 5.74) is 5.31. The minimum atomic E-state index is -0.586. The van der Waals surface area contributed by atoms with Crippen LogP contribution in [-0.2, 0) is 4.79 Å². The summed E-state index contributed by atoms with van der Waals surface area (Å²) >= 11 is 0. The Morgan fingerprint density at radius 2 is 2.20 bits per heavy atom. The Bertz CT molecular complexity index is 496. The lowest BCUT2D eigenvalue weighted by atomic mass is 10.0. The molecule has 20 heavy (non-hydrogen) atoms. The number of pyridine rings is 1. The summed E-state index contributed by atoms with van der Waals surface area (Å²) in [6.45, 7) is 3.39. The molecular formula is C14H19N4O2. The third-order valence-corrected chi connectivity index (χ3v) is 3.43. The van der Waals surface area contributed by atoms with Gasteiger partial charge in [0.15, 0.2) is 0 Å². The van der Waals surface area contributed by atoms with Gasteiger partial charge < -0.3 is 16.0 Å². The predicted molar refractivity (Wildman–Crippen MR) is 75.1 cm³/mol. The second-order valence-corrected chi connectivity index (χ2v) is 4.84. The molecule has 1 aliphatic heterocycles. The zero-order valence-electron chi connectivity index (χ0n) is 11.6. The van der Waals surface area contributed by atoms with Crippen LogP contribution in [0.1, 0.15) is 36.7 Å². The molecule has 107 valence electrons. The number of nitrogens with two attached hydrogens (primary N) is 1. The highest BCUT2D eigenvalue weighted by atomic mass is 16.2. The van der Waals surface area contributed by atoms with Crippen LogP contribution in [0.3, 0.4) is 0 Å². The number of nitrogens with one attached hydrogen (secondary N) is 1. The molecule has 0 bridgehead atoms. The van der Waals surface area contributed by atoms with E-state index in [1.807, 2.05) is 11.8 Å². The zero-order chi connectivity index (χ0) is 14.5. The molecule has 0 unspecified atom stereocenters. The third-order valence-electron chi connectivity index (χ3n) is 3.43. The standard InChI is InChI=1S/C14H19N4O2/c1-2-13(19)18-8-6-10(7-9-18)16-12-5-3-4-11(17-12)14(15)20/h3,5,10H,2,6-9H2,1H3,(H2,15,20)(H,16,17). The van der Waals surface area contributed by atoms with Gasteiger partial charge in [0.05, 0.1) is 0 Å². The number of rotatable bonds is 4. The molecule has 6 nitrogen and oxygen atoms in total. The van der Waals surface area contributed by atoms with E-state index in [0.29, 0.717) is 12.2 Å². The topological polar surface area (TPSA) is 88.3 Å². The number of hydrogen-bond acceptors (Lipinski definition) is 4. The molecule has 0 saturated carbocycles. The maximum Gasteiger partial charge on any atom is 0.268 e. The number of likely N-dealkylation sites (tertiary alicyclic amines) is 1. The van der Waals surface area contributed by atoms with E-state index in [1.165, 1.54) is 0 Å². The van der Waals surface area contributed by atoms with E-state index < -0.39 is 5.91 Å². The highest BCUT2D eigenvalue weighted by Crippen LogP contribution is 2.16. The number of nitrogens with zero attached hydrogens (tertiary/aromatic N) is 2. The number of carbonyl (C=O) groups excluding carboxylic acids is 2. The highest BCUT2D eigenvalue weighted by Gasteiger charge is 2.21. The lowest BCUT2D eigenvalue weighted by Crippen LogP contribution is -2.42. The van der Waals surface area contributed by atoms with Crippen LogP contribution in [0.2, 0.25) is 0 Å². The largest absolute Gasteiger partial charge is 0.367 e. The summed E-state index contributed by atoms with van der Waals surface area (Å²) < 4.78 is 0. The van der Waals surface area contributed by atoms with E-state index in [1.54, 1.807) is 12.1 Å². The average molecular weight is 275 g/mol. The van der Waals surface area contributed by atoms with Crippen LogP contribution in [0.4, 0.5) is 5.82 Å². The fourth-order valence-electron chi connectivity index (χ4n) is 2.30. The first-order valence-corrected chi connectivity index (χ1v) is 6.83.